The minimum Gasteiger partial charge on any atom is -0.356 e. The van der Waals surface area contributed by atoms with Crippen LogP contribution in [-0.2, 0) is 0 Å². The first-order chi connectivity index (χ1) is 11.7. The third kappa shape index (κ3) is 3.10. The zero-order valence-corrected chi connectivity index (χ0v) is 14.7. The van der Waals surface area contributed by atoms with Crippen molar-refractivity contribution in [2.24, 2.45) is 5.92 Å². The second-order valence-electron chi connectivity index (χ2n) is 6.77. The maximum absolute atomic E-state index is 12.6. The van der Waals surface area contributed by atoms with Gasteiger partial charge in [0.1, 0.15) is 0 Å². The van der Waals surface area contributed by atoms with Crippen molar-refractivity contribution < 1.29 is 4.79 Å². The molecule has 4 heterocycles. The Hall–Kier alpha value is -1.72. The van der Waals surface area contributed by atoms with Gasteiger partial charge in [-0.25, -0.2) is 0 Å². The summed E-state index contributed by atoms with van der Waals surface area (Å²) in [7, 11) is 0. The minimum absolute atomic E-state index is 0.0528. The van der Waals surface area contributed by atoms with Gasteiger partial charge >= 0.3 is 0 Å². The van der Waals surface area contributed by atoms with Crippen LogP contribution in [0.1, 0.15) is 30.1 Å². The topological polar surface area (TPSA) is 48.1 Å². The van der Waals surface area contributed by atoms with Crippen molar-refractivity contribution >= 4 is 17.7 Å². The first-order valence-corrected chi connectivity index (χ1v) is 9.48. The van der Waals surface area contributed by atoms with Crippen molar-refractivity contribution in [2.45, 2.75) is 41.8 Å². The summed E-state index contributed by atoms with van der Waals surface area (Å²) in [5.74, 6) is 0.689. The summed E-state index contributed by atoms with van der Waals surface area (Å²) in [4.78, 5) is 19.4. The molecule has 3 aliphatic rings. The summed E-state index contributed by atoms with van der Waals surface area (Å²) in [6, 6.07) is 12.6. The first-order valence-electron chi connectivity index (χ1n) is 8.67. The molecule has 1 aromatic carbocycles. The molecule has 24 heavy (non-hydrogen) atoms. The fraction of sp³-hybridized carbons (Fsp3) is 0.421. The summed E-state index contributed by atoms with van der Waals surface area (Å²) >= 11 is 1.67. The van der Waals surface area contributed by atoms with Crippen LogP contribution >= 0.6 is 11.8 Å². The van der Waals surface area contributed by atoms with Gasteiger partial charge < -0.3 is 10.3 Å². The Bertz CT molecular complexity index is 688. The van der Waals surface area contributed by atoms with Gasteiger partial charge in [-0.3, -0.25) is 9.69 Å². The van der Waals surface area contributed by atoms with Crippen molar-refractivity contribution in [1.29, 1.82) is 0 Å². The Morgan fingerprint density at radius 2 is 1.96 bits per heavy atom. The average molecular weight is 341 g/mol. The molecule has 0 saturated carbocycles. The molecule has 3 aliphatic heterocycles. The van der Waals surface area contributed by atoms with E-state index in [1.165, 1.54) is 25.9 Å². The summed E-state index contributed by atoms with van der Waals surface area (Å²) in [6.07, 6.45) is 4.33. The monoisotopic (exact) mass is 341 g/mol. The van der Waals surface area contributed by atoms with Crippen molar-refractivity contribution in [2.75, 3.05) is 13.1 Å². The summed E-state index contributed by atoms with van der Waals surface area (Å²) in [5, 5.41) is 4.39. The van der Waals surface area contributed by atoms with Crippen molar-refractivity contribution in [3.8, 4) is 0 Å². The molecule has 0 spiro atoms. The number of H-pyrrole nitrogens is 1. The average Bonchev–Trinajstić information content (AvgIpc) is 3.12. The fourth-order valence-electron chi connectivity index (χ4n) is 3.96. The van der Waals surface area contributed by atoms with Crippen molar-refractivity contribution in [3.63, 3.8) is 0 Å². The van der Waals surface area contributed by atoms with Crippen LogP contribution < -0.4 is 5.32 Å². The van der Waals surface area contributed by atoms with Gasteiger partial charge in [0, 0.05) is 28.7 Å². The third-order valence-electron chi connectivity index (χ3n) is 5.39. The number of hydrogen-bond donors (Lipinski definition) is 2. The lowest BCUT2D eigenvalue weighted by Gasteiger charge is -2.49. The normalized spacial score (nSPS) is 28.7. The maximum Gasteiger partial charge on any atom is 0.251 e. The smallest absolute Gasteiger partial charge is 0.251 e. The van der Waals surface area contributed by atoms with Gasteiger partial charge in [0.2, 0.25) is 0 Å². The van der Waals surface area contributed by atoms with E-state index in [4.69, 9.17) is 0 Å². The van der Waals surface area contributed by atoms with Gasteiger partial charge in [0.15, 0.2) is 0 Å². The summed E-state index contributed by atoms with van der Waals surface area (Å²) in [6.45, 7) is 4.61. The molecule has 0 radical (unpaired) electrons. The van der Waals surface area contributed by atoms with Crippen LogP contribution in [0.4, 0.5) is 0 Å². The van der Waals surface area contributed by atoms with Crippen molar-refractivity contribution in [1.82, 2.24) is 15.2 Å². The zero-order chi connectivity index (χ0) is 16.5. The Labute approximate surface area is 147 Å². The number of rotatable bonds is 4. The number of carbonyl (C=O) groups excluding carboxylic acids is 1. The molecule has 1 unspecified atom stereocenters. The zero-order valence-electron chi connectivity index (χ0n) is 13.9. The number of benzene rings is 1. The third-order valence-corrected chi connectivity index (χ3v) is 6.37. The summed E-state index contributed by atoms with van der Waals surface area (Å²) < 4.78 is 0. The molecule has 0 aliphatic carbocycles. The summed E-state index contributed by atoms with van der Waals surface area (Å²) in [5.41, 5.74) is 0.745. The number of amides is 1. The van der Waals surface area contributed by atoms with Crippen LogP contribution in [0.15, 0.2) is 52.5 Å². The van der Waals surface area contributed by atoms with Gasteiger partial charge in [-0.2, -0.15) is 0 Å². The van der Waals surface area contributed by atoms with Crippen LogP contribution in [-0.4, -0.2) is 41.0 Å². The molecular weight excluding hydrogens is 318 g/mol. The molecule has 2 bridgehead atoms. The predicted octanol–water partition coefficient (Wildman–Crippen LogP) is 3.38. The molecule has 2 aromatic rings. The largest absolute Gasteiger partial charge is 0.356 e. The van der Waals surface area contributed by atoms with Gasteiger partial charge in [0.25, 0.3) is 5.91 Å². The molecular formula is C19H23N3OS. The van der Waals surface area contributed by atoms with Gasteiger partial charge in [-0.1, -0.05) is 11.8 Å². The van der Waals surface area contributed by atoms with Gasteiger partial charge in [-0.15, -0.1) is 0 Å². The lowest BCUT2D eigenvalue weighted by atomic mass is 9.79. The molecule has 1 aromatic heterocycles. The predicted molar refractivity (Wildman–Crippen MR) is 96.4 cm³/mol. The van der Waals surface area contributed by atoms with Gasteiger partial charge in [0.05, 0.1) is 5.03 Å². The fourth-order valence-corrected chi connectivity index (χ4v) is 4.76. The van der Waals surface area contributed by atoms with Crippen LogP contribution in [0, 0.1) is 5.92 Å². The molecule has 4 nitrogen and oxygen atoms in total. The minimum atomic E-state index is 0.0528. The van der Waals surface area contributed by atoms with Crippen LogP contribution in [0.25, 0.3) is 0 Å². The Balaban J connectivity index is 1.41. The van der Waals surface area contributed by atoms with E-state index in [-0.39, 0.29) is 11.9 Å². The lowest BCUT2D eigenvalue weighted by molar-refractivity contribution is 0.0217. The van der Waals surface area contributed by atoms with E-state index in [9.17, 15) is 4.79 Å². The number of nitrogens with one attached hydrogen (secondary N) is 2. The Kier molecular flexibility index (Phi) is 4.37. The second-order valence-corrected chi connectivity index (χ2v) is 7.89. The number of carbonyl (C=O) groups is 1. The van der Waals surface area contributed by atoms with E-state index in [0.29, 0.717) is 12.0 Å². The quantitative estimate of drug-likeness (QED) is 0.896. The number of aromatic nitrogens is 1. The molecule has 5 rings (SSSR count). The van der Waals surface area contributed by atoms with E-state index < -0.39 is 0 Å². The highest BCUT2D eigenvalue weighted by Gasteiger charge is 2.40. The van der Waals surface area contributed by atoms with E-state index in [1.807, 2.05) is 42.6 Å². The highest BCUT2D eigenvalue weighted by molar-refractivity contribution is 7.99. The number of fused-ring (bicyclic) bond motifs is 3. The van der Waals surface area contributed by atoms with Crippen LogP contribution in [0.3, 0.4) is 0 Å². The Morgan fingerprint density at radius 3 is 2.58 bits per heavy atom. The Morgan fingerprint density at radius 1 is 1.21 bits per heavy atom. The highest BCUT2D eigenvalue weighted by atomic mass is 32.2. The van der Waals surface area contributed by atoms with E-state index >= 15 is 0 Å². The highest BCUT2D eigenvalue weighted by Crippen LogP contribution is 2.32. The van der Waals surface area contributed by atoms with E-state index in [1.54, 1.807) is 11.8 Å². The molecule has 2 N–H and O–H groups in total. The molecule has 1 amide bonds. The van der Waals surface area contributed by atoms with Crippen LogP contribution in [0.5, 0.6) is 0 Å². The van der Waals surface area contributed by atoms with Crippen molar-refractivity contribution in [3.05, 3.63) is 48.2 Å². The van der Waals surface area contributed by atoms with E-state index in [2.05, 4.69) is 22.1 Å². The van der Waals surface area contributed by atoms with Gasteiger partial charge in [-0.05, 0) is 75.2 Å². The molecule has 2 atom stereocenters. The second kappa shape index (κ2) is 6.65. The maximum atomic E-state index is 12.6. The SMILES string of the molecule is CC1[C@H](NC(=O)c2ccc(Sc3ccc[nH]3)cc2)C2CCN1CC2. The molecule has 3 fully saturated rings. The number of nitrogens with zero attached hydrogens (tertiary/aromatic N) is 1. The number of piperidine rings is 3. The molecule has 126 valence electrons. The standard InChI is InChI=1S/C19H23N3OS/c1-13-18(14-8-11-22(13)12-9-14)21-19(23)15-4-6-16(7-5-15)24-17-3-2-10-20-17/h2-7,10,13-14,18,20H,8-9,11-12H2,1H3,(H,21,23)/t13?,18-/m0/s1. The first kappa shape index (κ1) is 15.8. The van der Waals surface area contributed by atoms with E-state index in [0.717, 1.165) is 15.5 Å². The number of hydrogen-bond acceptors (Lipinski definition) is 3. The molecule has 3 saturated heterocycles. The number of aromatic amines is 1. The molecule has 5 heteroatoms. The van der Waals surface area contributed by atoms with Crippen LogP contribution in [0.2, 0.25) is 0 Å². The lowest BCUT2D eigenvalue weighted by Crippen LogP contribution is -2.62.